The second kappa shape index (κ2) is 5.48. The molecule has 5 heteroatoms. The fraction of sp³-hybridized carbons (Fsp3) is 0.500. The number of hydroxylamine groups is 1. The molecular formula is C14H18N2O3. The van der Waals surface area contributed by atoms with Crippen molar-refractivity contribution in [2.45, 2.75) is 31.8 Å². The van der Waals surface area contributed by atoms with Gasteiger partial charge in [0.2, 0.25) is 0 Å². The van der Waals surface area contributed by atoms with Crippen LogP contribution in [0.5, 0.6) is 5.75 Å². The van der Waals surface area contributed by atoms with E-state index in [0.29, 0.717) is 17.9 Å². The summed E-state index contributed by atoms with van der Waals surface area (Å²) in [7, 11) is 0. The molecule has 5 nitrogen and oxygen atoms in total. The highest BCUT2D eigenvalue weighted by Crippen LogP contribution is 2.31. The minimum absolute atomic E-state index is 0.155. The van der Waals surface area contributed by atoms with Crippen molar-refractivity contribution in [2.75, 3.05) is 18.5 Å². The first-order chi connectivity index (χ1) is 9.34. The first kappa shape index (κ1) is 12.3. The second-order valence-corrected chi connectivity index (χ2v) is 4.91. The zero-order chi connectivity index (χ0) is 13.1. The summed E-state index contributed by atoms with van der Waals surface area (Å²) in [6, 6.07) is 5.49. The number of para-hydroxylation sites is 1. The maximum Gasteiger partial charge on any atom is 0.278 e. The van der Waals surface area contributed by atoms with E-state index >= 15 is 0 Å². The topological polar surface area (TPSA) is 59.6 Å². The van der Waals surface area contributed by atoms with Gasteiger partial charge >= 0.3 is 0 Å². The summed E-state index contributed by atoms with van der Waals surface area (Å²) >= 11 is 0. The van der Waals surface area contributed by atoms with Gasteiger partial charge in [0, 0.05) is 6.54 Å². The van der Waals surface area contributed by atoms with E-state index in [1.165, 1.54) is 12.8 Å². The molecule has 1 aromatic rings. The molecule has 0 atom stereocenters. The zero-order valence-electron chi connectivity index (χ0n) is 10.8. The van der Waals surface area contributed by atoms with Gasteiger partial charge in [-0.2, -0.15) is 0 Å². The Bertz CT molecular complexity index is 470. The molecule has 1 aliphatic heterocycles. The lowest BCUT2D eigenvalue weighted by atomic mass is 10.1. The summed E-state index contributed by atoms with van der Waals surface area (Å²) in [5.41, 5.74) is 3.92. The van der Waals surface area contributed by atoms with E-state index in [1.807, 2.05) is 12.1 Å². The van der Waals surface area contributed by atoms with Crippen LogP contribution in [0.15, 0.2) is 18.2 Å². The van der Waals surface area contributed by atoms with Crippen LogP contribution in [-0.4, -0.2) is 25.2 Å². The van der Waals surface area contributed by atoms with Crippen molar-refractivity contribution in [3.8, 4) is 5.75 Å². The van der Waals surface area contributed by atoms with Crippen molar-refractivity contribution in [3.63, 3.8) is 0 Å². The van der Waals surface area contributed by atoms with Crippen LogP contribution in [-0.2, 0) is 4.84 Å². The van der Waals surface area contributed by atoms with E-state index in [4.69, 9.17) is 9.57 Å². The van der Waals surface area contributed by atoms with Crippen molar-refractivity contribution in [1.82, 2.24) is 5.48 Å². The third kappa shape index (κ3) is 2.66. The molecule has 2 N–H and O–H groups in total. The first-order valence-corrected chi connectivity index (χ1v) is 6.80. The smallest absolute Gasteiger partial charge is 0.278 e. The van der Waals surface area contributed by atoms with Crippen LogP contribution >= 0.6 is 0 Å². The van der Waals surface area contributed by atoms with Crippen molar-refractivity contribution in [3.05, 3.63) is 23.8 Å². The normalized spacial score (nSPS) is 18.3. The van der Waals surface area contributed by atoms with Crippen molar-refractivity contribution in [2.24, 2.45) is 0 Å². The highest BCUT2D eigenvalue weighted by molar-refractivity contribution is 5.98. The monoisotopic (exact) mass is 262 g/mol. The maximum atomic E-state index is 12.1. The number of hydrogen-bond donors (Lipinski definition) is 2. The Hall–Kier alpha value is -1.75. The number of hydrogen-bond acceptors (Lipinski definition) is 4. The van der Waals surface area contributed by atoms with Crippen LogP contribution in [0.4, 0.5) is 5.69 Å². The minimum atomic E-state index is -0.243. The van der Waals surface area contributed by atoms with Crippen LogP contribution in [0.2, 0.25) is 0 Å². The summed E-state index contributed by atoms with van der Waals surface area (Å²) in [5.74, 6) is 0.369. The van der Waals surface area contributed by atoms with Gasteiger partial charge in [0.1, 0.15) is 6.61 Å². The lowest BCUT2D eigenvalue weighted by Crippen LogP contribution is -2.29. The fourth-order valence-corrected chi connectivity index (χ4v) is 2.55. The van der Waals surface area contributed by atoms with Gasteiger partial charge in [0.15, 0.2) is 5.75 Å². The molecule has 1 amide bonds. The lowest BCUT2D eigenvalue weighted by Gasteiger charge is -2.21. The number of anilines is 1. The molecule has 0 saturated heterocycles. The fourth-order valence-electron chi connectivity index (χ4n) is 2.55. The summed E-state index contributed by atoms with van der Waals surface area (Å²) < 4.78 is 5.57. The van der Waals surface area contributed by atoms with E-state index in [2.05, 4.69) is 10.8 Å². The first-order valence-electron chi connectivity index (χ1n) is 6.80. The molecule has 1 aromatic carbocycles. The Labute approximate surface area is 112 Å². The number of amides is 1. The molecule has 102 valence electrons. The van der Waals surface area contributed by atoms with E-state index in [-0.39, 0.29) is 12.0 Å². The predicted molar refractivity (Wildman–Crippen MR) is 71.2 cm³/mol. The van der Waals surface area contributed by atoms with Crippen molar-refractivity contribution in [1.29, 1.82) is 0 Å². The summed E-state index contributed by atoms with van der Waals surface area (Å²) in [6.45, 7) is 1.33. The number of benzene rings is 1. The van der Waals surface area contributed by atoms with Crippen LogP contribution < -0.4 is 15.5 Å². The Morgan fingerprint density at radius 2 is 2.21 bits per heavy atom. The van der Waals surface area contributed by atoms with Gasteiger partial charge in [-0.05, 0) is 25.0 Å². The van der Waals surface area contributed by atoms with Crippen molar-refractivity contribution >= 4 is 11.6 Å². The molecule has 1 aliphatic carbocycles. The quantitative estimate of drug-likeness (QED) is 0.819. The van der Waals surface area contributed by atoms with E-state index in [9.17, 15) is 4.79 Å². The van der Waals surface area contributed by atoms with Gasteiger partial charge in [-0.3, -0.25) is 9.63 Å². The highest BCUT2D eigenvalue weighted by atomic mass is 16.7. The Kier molecular flexibility index (Phi) is 3.55. The second-order valence-electron chi connectivity index (χ2n) is 4.91. The average molecular weight is 262 g/mol. The van der Waals surface area contributed by atoms with Gasteiger partial charge in [-0.1, -0.05) is 18.9 Å². The molecule has 1 fully saturated rings. The van der Waals surface area contributed by atoms with Crippen LogP contribution in [0, 0.1) is 0 Å². The van der Waals surface area contributed by atoms with Crippen LogP contribution in [0.1, 0.15) is 36.0 Å². The highest BCUT2D eigenvalue weighted by Gasteiger charge is 2.21. The van der Waals surface area contributed by atoms with Gasteiger partial charge in [0.25, 0.3) is 5.91 Å². The van der Waals surface area contributed by atoms with Crippen LogP contribution in [0.3, 0.4) is 0 Å². The Morgan fingerprint density at radius 3 is 3.05 bits per heavy atom. The van der Waals surface area contributed by atoms with E-state index in [1.54, 1.807) is 6.07 Å². The summed E-state index contributed by atoms with van der Waals surface area (Å²) in [5, 5.41) is 3.21. The summed E-state index contributed by atoms with van der Waals surface area (Å²) in [6.07, 6.45) is 4.54. The third-order valence-corrected chi connectivity index (χ3v) is 3.54. The SMILES string of the molecule is O=C(NOC1CCCC1)c1cccc2c1OCCN2. The van der Waals surface area contributed by atoms with Gasteiger partial charge in [0.05, 0.1) is 17.4 Å². The summed E-state index contributed by atoms with van der Waals surface area (Å²) in [4.78, 5) is 17.6. The van der Waals surface area contributed by atoms with E-state index < -0.39 is 0 Å². The number of ether oxygens (including phenoxy) is 1. The molecule has 0 aromatic heterocycles. The molecule has 1 saturated carbocycles. The standard InChI is InChI=1S/C14H18N2O3/c17-14(16-19-10-4-1-2-5-10)11-6-3-7-12-13(11)18-9-8-15-12/h3,6-7,10,15H,1-2,4-5,8-9H2,(H,16,17). The number of nitrogens with one attached hydrogen (secondary N) is 2. The molecule has 19 heavy (non-hydrogen) atoms. The largest absolute Gasteiger partial charge is 0.489 e. The van der Waals surface area contributed by atoms with Crippen LogP contribution in [0.25, 0.3) is 0 Å². The Morgan fingerprint density at radius 1 is 1.37 bits per heavy atom. The zero-order valence-corrected chi connectivity index (χ0v) is 10.8. The van der Waals surface area contributed by atoms with Gasteiger partial charge in [-0.25, -0.2) is 5.48 Å². The molecule has 0 bridgehead atoms. The number of rotatable bonds is 3. The number of carbonyl (C=O) groups excluding carboxylic acids is 1. The van der Waals surface area contributed by atoms with Gasteiger partial charge < -0.3 is 10.1 Å². The molecule has 0 radical (unpaired) electrons. The van der Waals surface area contributed by atoms with Gasteiger partial charge in [-0.15, -0.1) is 0 Å². The number of fused-ring (bicyclic) bond motifs is 1. The maximum absolute atomic E-state index is 12.1. The third-order valence-electron chi connectivity index (χ3n) is 3.54. The van der Waals surface area contributed by atoms with E-state index in [0.717, 1.165) is 25.1 Å². The molecule has 2 aliphatic rings. The average Bonchev–Trinajstić information content (AvgIpc) is 2.97. The Balaban J connectivity index is 1.68. The predicted octanol–water partition coefficient (Wildman–Crippen LogP) is 2.09. The lowest BCUT2D eigenvalue weighted by molar-refractivity contribution is -0.0126. The molecule has 0 unspecified atom stereocenters. The van der Waals surface area contributed by atoms with Crippen molar-refractivity contribution < 1.29 is 14.4 Å². The molecular weight excluding hydrogens is 244 g/mol. The molecule has 1 heterocycles. The number of carbonyl (C=O) groups is 1. The molecule has 0 spiro atoms. The minimum Gasteiger partial charge on any atom is -0.489 e. The molecule has 3 rings (SSSR count).